The van der Waals surface area contributed by atoms with Crippen molar-refractivity contribution < 1.29 is 102 Å². The Labute approximate surface area is 688 Å². The number of rotatable bonds is 37. The van der Waals surface area contributed by atoms with Gasteiger partial charge in [-0.25, -0.2) is 0 Å². The van der Waals surface area contributed by atoms with E-state index in [2.05, 4.69) is 31.9 Å². The molecule has 2 bridgehead atoms. The molecular weight excluding hydrogens is 1570 g/mol. The molecule has 0 radical (unpaired) electrons. The van der Waals surface area contributed by atoms with E-state index in [1.54, 1.807) is 177 Å². The van der Waals surface area contributed by atoms with Gasteiger partial charge >= 0.3 is 36.3 Å². The predicted molar refractivity (Wildman–Crippen MR) is 424 cm³/mol. The van der Waals surface area contributed by atoms with Crippen LogP contribution in [0.4, 0.5) is 39.5 Å². The van der Waals surface area contributed by atoms with Gasteiger partial charge in [0, 0.05) is 64.1 Å². The molecule has 0 unspecified atom stereocenters. The molecule has 656 valence electrons. The Morgan fingerprint density at radius 1 is 0.345 bits per heavy atom. The number of hydrogen-bond acceptors (Lipinski definition) is 13. The summed E-state index contributed by atoms with van der Waals surface area (Å²) in [6.07, 6.45) is -17.5. The molecule has 0 fully saturated rings. The lowest BCUT2D eigenvalue weighted by atomic mass is 9.93. The van der Waals surface area contributed by atoms with Crippen LogP contribution in [0, 0.1) is 35.5 Å². The maximum absolute atomic E-state index is 16.1. The molecule has 119 heavy (non-hydrogen) atoms. The van der Waals surface area contributed by atoms with E-state index in [9.17, 15) is 82.7 Å². The van der Waals surface area contributed by atoms with Crippen molar-refractivity contribution in [2.24, 2.45) is 41.2 Å². The van der Waals surface area contributed by atoms with Crippen molar-refractivity contribution in [1.29, 1.82) is 0 Å². The van der Waals surface area contributed by atoms with Crippen molar-refractivity contribution in [3.05, 3.63) is 143 Å². The Morgan fingerprint density at radius 2 is 0.639 bits per heavy atom. The molecule has 0 spiro atoms. The lowest BCUT2D eigenvalue weighted by molar-refractivity contribution is -0.175. The van der Waals surface area contributed by atoms with E-state index in [0.29, 0.717) is 16.7 Å². The fourth-order valence-corrected chi connectivity index (χ4v) is 13.6. The van der Waals surface area contributed by atoms with Crippen molar-refractivity contribution in [1.82, 2.24) is 62.6 Å². The summed E-state index contributed by atoms with van der Waals surface area (Å²) in [5.74, 6) is -20.4. The van der Waals surface area contributed by atoms with Crippen LogP contribution in [-0.2, 0) is 89.9 Å². The van der Waals surface area contributed by atoms with E-state index in [-0.39, 0.29) is 119 Å². The molecule has 1 aliphatic rings. The Balaban J connectivity index is 1.71. The van der Waals surface area contributed by atoms with Crippen molar-refractivity contribution in [2.75, 3.05) is 26.2 Å². The number of fused-ring (bicyclic) bond motifs is 2. The third-order valence-electron chi connectivity index (χ3n) is 20.6. The minimum atomic E-state index is -5.44. The molecule has 1 aliphatic heterocycles. The molecule has 4 aromatic carbocycles. The molecule has 11 N–H and O–H groups in total. The van der Waals surface area contributed by atoms with E-state index < -0.39 is 193 Å². The van der Waals surface area contributed by atoms with Crippen LogP contribution in [0.5, 0.6) is 0 Å². The van der Waals surface area contributed by atoms with E-state index in [1.807, 2.05) is 0 Å². The van der Waals surface area contributed by atoms with Gasteiger partial charge in [-0.05, 0) is 108 Å². The second-order valence-electron chi connectivity index (χ2n) is 31.8. The standard InChI is InChI=1S/C84H114F9N13O13/c1-13-51(10)66(101-75(113)67(52(11)14-2)103-81(119)84(91,92)93)74(112)102-68(53(12)15-3)78(116)104-33-25-35-105(76(114)64(39-50(8)9)97-70(108)60(37-48(4)5)95-71(109)61(38-49(6)7)99-79(117)82(85,86)87)46-57-40-58(42-59(41-57)69(94)107)47-106(36-26-34-104)77(115)65(45-56-31-23-18-24-32-56)98-72(110)62(43-54-27-19-16-20-28-54)96-73(111)63(100-80(118)83(88,89)90)44-55-29-21-17-22-30-55/h16-24,27-32,40-42,48-53,60-68H,13-15,25-26,33-39,43-47H2,1-12H3,(H2,94,107)(H,95,109)(H,96,111)(H,97,108)(H,98,110)(H,99,117)(H,100,118)(H,101,113)(H,102,112)(H,103,119)/t51-,52-,53-,60-,61-,62-,63-,64-,65-,66-,67-,68-/m0/s1. The van der Waals surface area contributed by atoms with Crippen molar-refractivity contribution in [2.45, 2.75) is 240 Å². The average Bonchev–Trinajstić information content (AvgIpc) is 0.853. The highest BCUT2D eigenvalue weighted by atomic mass is 19.4. The number of amides is 13. The van der Waals surface area contributed by atoms with Gasteiger partial charge in [0.15, 0.2) is 0 Å². The lowest BCUT2D eigenvalue weighted by Gasteiger charge is -2.35. The summed E-state index contributed by atoms with van der Waals surface area (Å²) >= 11 is 0. The number of alkyl halides is 9. The maximum Gasteiger partial charge on any atom is 0.471 e. The molecule has 12 atom stereocenters. The van der Waals surface area contributed by atoms with Gasteiger partial charge in [-0.1, -0.05) is 199 Å². The number of hydrogen-bond donors (Lipinski definition) is 10. The minimum absolute atomic E-state index is 0.0842. The van der Waals surface area contributed by atoms with Crippen LogP contribution in [0.3, 0.4) is 0 Å². The number of nitrogens with one attached hydrogen (secondary N) is 9. The largest absolute Gasteiger partial charge is 0.471 e. The van der Waals surface area contributed by atoms with Crippen LogP contribution in [-0.4, -0.2) is 191 Å². The summed E-state index contributed by atoms with van der Waals surface area (Å²) in [6, 6.07) is 13.9. The fourth-order valence-electron chi connectivity index (χ4n) is 13.6. The second kappa shape index (κ2) is 46.1. The average molecular weight is 1680 g/mol. The zero-order valence-electron chi connectivity index (χ0n) is 69.2. The number of benzene rings is 4. The SMILES string of the molecule is CC[C@H](C)[C@H](NC(=O)[C@@H](NC(=O)C(F)(F)F)[C@@H](C)CC)C(=O)N[C@H](C(=O)N1CCCN(C(=O)[C@H](Cc2ccccc2)NC(=O)[C@H](Cc2ccccc2)NC(=O)[C@H](Cc2ccccc2)NC(=O)C(F)(F)F)Cc2cc(cc(C(N)=O)c2)CN(C(=O)[C@H](CC(C)C)NC(=O)[C@H](CC(C)C)NC(=O)[C@H](CC(C)C)NC(=O)C(F)(F)F)CCC1)[C@@H](C)CC. The van der Waals surface area contributed by atoms with E-state index in [4.69, 9.17) is 5.73 Å². The molecule has 1 heterocycles. The Bertz CT molecular complexity index is 4080. The van der Waals surface area contributed by atoms with Crippen molar-refractivity contribution in [3.8, 4) is 0 Å². The van der Waals surface area contributed by atoms with Crippen molar-refractivity contribution in [3.63, 3.8) is 0 Å². The molecular formula is C84H114F9N13O13. The molecule has 13 amide bonds. The van der Waals surface area contributed by atoms with Gasteiger partial charge in [-0.2, -0.15) is 39.5 Å². The second-order valence-corrected chi connectivity index (χ2v) is 31.8. The highest BCUT2D eigenvalue weighted by Crippen LogP contribution is 2.26. The highest BCUT2D eigenvalue weighted by molar-refractivity contribution is 5.98. The normalized spacial score (nSPS) is 16.2. The van der Waals surface area contributed by atoms with E-state index in [1.165, 1.54) is 45.9 Å². The maximum atomic E-state index is 16.1. The van der Waals surface area contributed by atoms with Gasteiger partial charge in [-0.3, -0.25) is 62.3 Å². The molecule has 0 saturated heterocycles. The molecule has 0 aliphatic carbocycles. The number of nitrogens with zero attached hydrogens (tertiary/aromatic N) is 3. The first-order valence-electron chi connectivity index (χ1n) is 40.1. The quantitative estimate of drug-likeness (QED) is 0.0191. The topological polar surface area (TPSA) is 366 Å². The summed E-state index contributed by atoms with van der Waals surface area (Å²) in [5.41, 5.74) is 7.59. The van der Waals surface area contributed by atoms with Crippen LogP contribution in [0.1, 0.15) is 173 Å². The van der Waals surface area contributed by atoms with Gasteiger partial charge in [-0.15, -0.1) is 0 Å². The number of carbonyl (C=O) groups excluding carboxylic acids is 13. The molecule has 5 rings (SSSR count). The first-order valence-corrected chi connectivity index (χ1v) is 40.1. The summed E-state index contributed by atoms with van der Waals surface area (Å²) < 4.78 is 124. The zero-order chi connectivity index (χ0) is 89.0. The van der Waals surface area contributed by atoms with Gasteiger partial charge < -0.3 is 68.3 Å². The number of halogens is 9. The molecule has 4 aromatic rings. The molecule has 35 heteroatoms. The van der Waals surface area contributed by atoms with Crippen LogP contribution >= 0.6 is 0 Å². The van der Waals surface area contributed by atoms with E-state index in [0.717, 1.165) is 0 Å². The summed E-state index contributed by atoms with van der Waals surface area (Å²) in [7, 11) is 0. The predicted octanol–water partition coefficient (Wildman–Crippen LogP) is 8.12. The van der Waals surface area contributed by atoms with Crippen molar-refractivity contribution >= 4 is 76.8 Å². The Hall–Kier alpha value is -10.6. The zero-order valence-corrected chi connectivity index (χ0v) is 69.2. The Kier molecular flexibility index (Phi) is 38.3. The summed E-state index contributed by atoms with van der Waals surface area (Å²) in [6.45, 7) is 17.8. The fraction of sp³-hybridized carbons (Fsp3) is 0.560. The first-order chi connectivity index (χ1) is 55.7. The molecule has 0 saturated carbocycles. The van der Waals surface area contributed by atoms with Crippen LogP contribution in [0.25, 0.3) is 0 Å². The highest BCUT2D eigenvalue weighted by Gasteiger charge is 2.46. The van der Waals surface area contributed by atoms with Gasteiger partial charge in [0.2, 0.25) is 59.1 Å². The monoisotopic (exact) mass is 1680 g/mol. The number of nitrogens with two attached hydrogens (primary N) is 1. The van der Waals surface area contributed by atoms with Crippen LogP contribution in [0.2, 0.25) is 0 Å². The number of carbonyl (C=O) groups is 13. The van der Waals surface area contributed by atoms with Crippen LogP contribution < -0.4 is 53.6 Å². The number of primary amides is 1. The first kappa shape index (κ1) is 98.9. The third kappa shape index (κ3) is 31.9. The van der Waals surface area contributed by atoms with E-state index >= 15 is 19.2 Å². The van der Waals surface area contributed by atoms with Gasteiger partial charge in [0.1, 0.15) is 54.4 Å². The Morgan fingerprint density at radius 3 is 1.03 bits per heavy atom. The van der Waals surface area contributed by atoms with Gasteiger partial charge in [0.25, 0.3) is 0 Å². The summed E-state index contributed by atoms with van der Waals surface area (Å²) in [4.78, 5) is 190. The summed E-state index contributed by atoms with van der Waals surface area (Å²) in [5, 5.41) is 21.2. The molecule has 0 aromatic heterocycles. The smallest absolute Gasteiger partial charge is 0.366 e. The minimum Gasteiger partial charge on any atom is -0.366 e. The molecule has 26 nitrogen and oxygen atoms in total. The lowest BCUT2D eigenvalue weighted by Crippen LogP contribution is -2.61. The third-order valence-corrected chi connectivity index (χ3v) is 20.6. The van der Waals surface area contributed by atoms with Crippen LogP contribution in [0.15, 0.2) is 109 Å². The van der Waals surface area contributed by atoms with Gasteiger partial charge in [0.05, 0.1) is 0 Å².